The molecule has 0 aromatic heterocycles. The van der Waals surface area contributed by atoms with E-state index in [2.05, 4.69) is 0 Å². The van der Waals surface area contributed by atoms with Gasteiger partial charge in [-0.3, -0.25) is 0 Å². The maximum atomic E-state index is 5.68. The molecule has 0 aliphatic heterocycles. The molecule has 0 atom stereocenters. The monoisotopic (exact) mass is 346 g/mol. The Kier molecular flexibility index (Phi) is 4.53. The van der Waals surface area contributed by atoms with Gasteiger partial charge in [-0.05, 0) is 29.7 Å². The summed E-state index contributed by atoms with van der Waals surface area (Å²) in [4.78, 5) is 0. The Labute approximate surface area is 147 Å². The van der Waals surface area contributed by atoms with E-state index in [1.807, 2.05) is 12.1 Å². The zero-order valence-corrected chi connectivity index (χ0v) is 15.3. The maximum absolute atomic E-state index is 5.68. The van der Waals surface area contributed by atoms with Crippen LogP contribution in [-0.4, -0.2) is 42.7 Å². The summed E-state index contributed by atoms with van der Waals surface area (Å²) in [6.07, 6.45) is 0.706. The summed E-state index contributed by atoms with van der Waals surface area (Å²) in [6.45, 7) is 0. The van der Waals surface area contributed by atoms with E-state index >= 15 is 0 Å². The van der Waals surface area contributed by atoms with E-state index in [1.165, 1.54) is 0 Å². The van der Waals surface area contributed by atoms with Gasteiger partial charge in [0.25, 0.3) is 0 Å². The van der Waals surface area contributed by atoms with Crippen LogP contribution in [0.1, 0.15) is 11.1 Å². The van der Waals surface area contributed by atoms with Crippen molar-refractivity contribution in [2.75, 3.05) is 42.7 Å². The van der Waals surface area contributed by atoms with Crippen LogP contribution in [0.3, 0.4) is 0 Å². The number of benzene rings is 2. The van der Waals surface area contributed by atoms with E-state index in [4.69, 9.17) is 28.4 Å². The lowest BCUT2D eigenvalue weighted by molar-refractivity contribution is 0.322. The minimum atomic E-state index is 0.549. The molecule has 0 amide bonds. The minimum Gasteiger partial charge on any atom is -0.493 e. The average molecular weight is 346 g/mol. The van der Waals surface area contributed by atoms with Gasteiger partial charge in [0.1, 0.15) is 0 Å². The third-order valence-electron chi connectivity index (χ3n) is 4.45. The van der Waals surface area contributed by atoms with Crippen LogP contribution < -0.4 is 28.4 Å². The van der Waals surface area contributed by atoms with Crippen molar-refractivity contribution in [1.82, 2.24) is 0 Å². The van der Waals surface area contributed by atoms with Gasteiger partial charge in [-0.15, -0.1) is 0 Å². The molecule has 0 fully saturated rings. The molecular formula is C19H22O6. The SMILES string of the molecule is COc1cc2c(c(OC)c1OC)-c1c(cc(OC)c(OC)c1OC)C2. The van der Waals surface area contributed by atoms with Gasteiger partial charge in [0.05, 0.1) is 42.7 Å². The number of methoxy groups -OCH3 is 6. The second-order valence-electron chi connectivity index (χ2n) is 5.54. The molecule has 25 heavy (non-hydrogen) atoms. The summed E-state index contributed by atoms with van der Waals surface area (Å²) in [5.41, 5.74) is 3.98. The molecule has 0 N–H and O–H groups in total. The first-order valence-corrected chi connectivity index (χ1v) is 7.79. The van der Waals surface area contributed by atoms with Crippen LogP contribution in [0.2, 0.25) is 0 Å². The van der Waals surface area contributed by atoms with E-state index in [0.717, 1.165) is 22.3 Å². The Balaban J connectivity index is 2.38. The van der Waals surface area contributed by atoms with Crippen LogP contribution in [0.5, 0.6) is 34.5 Å². The fourth-order valence-electron chi connectivity index (χ4n) is 3.45. The van der Waals surface area contributed by atoms with Crippen LogP contribution >= 0.6 is 0 Å². The van der Waals surface area contributed by atoms with Gasteiger partial charge in [-0.2, -0.15) is 0 Å². The van der Waals surface area contributed by atoms with E-state index in [9.17, 15) is 0 Å². The number of hydrogen-bond donors (Lipinski definition) is 0. The topological polar surface area (TPSA) is 55.4 Å². The highest BCUT2D eigenvalue weighted by atomic mass is 16.5. The molecule has 0 unspecified atom stereocenters. The third kappa shape index (κ3) is 2.40. The van der Waals surface area contributed by atoms with Crippen LogP contribution in [-0.2, 0) is 6.42 Å². The van der Waals surface area contributed by atoms with E-state index in [1.54, 1.807) is 42.7 Å². The largest absolute Gasteiger partial charge is 0.493 e. The summed E-state index contributed by atoms with van der Waals surface area (Å²) in [5, 5.41) is 0. The van der Waals surface area contributed by atoms with Gasteiger partial charge in [0.2, 0.25) is 11.5 Å². The zero-order valence-electron chi connectivity index (χ0n) is 15.3. The zero-order chi connectivity index (χ0) is 18.1. The number of rotatable bonds is 6. The summed E-state index contributed by atoms with van der Waals surface area (Å²) >= 11 is 0. The molecule has 0 heterocycles. The first-order valence-electron chi connectivity index (χ1n) is 7.79. The van der Waals surface area contributed by atoms with Crippen LogP contribution in [0, 0.1) is 0 Å². The molecule has 6 heteroatoms. The second-order valence-corrected chi connectivity index (χ2v) is 5.54. The molecule has 134 valence electrons. The summed E-state index contributed by atoms with van der Waals surface area (Å²) < 4.78 is 33.3. The molecule has 1 aliphatic rings. The lowest BCUT2D eigenvalue weighted by Crippen LogP contribution is -2.00. The van der Waals surface area contributed by atoms with Crippen molar-refractivity contribution in [3.63, 3.8) is 0 Å². The predicted octanol–water partition coefficient (Wildman–Crippen LogP) is 3.31. The predicted molar refractivity (Wildman–Crippen MR) is 94.0 cm³/mol. The molecule has 1 aliphatic carbocycles. The Morgan fingerprint density at radius 3 is 1.16 bits per heavy atom. The van der Waals surface area contributed by atoms with Crippen molar-refractivity contribution in [3.8, 4) is 45.6 Å². The lowest BCUT2D eigenvalue weighted by atomic mass is 10.0. The fourth-order valence-corrected chi connectivity index (χ4v) is 3.45. The fraction of sp³-hybridized carbons (Fsp3) is 0.368. The normalized spacial score (nSPS) is 11.4. The van der Waals surface area contributed by atoms with Gasteiger partial charge in [0, 0.05) is 11.1 Å². The first kappa shape index (κ1) is 17.1. The van der Waals surface area contributed by atoms with Crippen molar-refractivity contribution in [3.05, 3.63) is 23.3 Å². The first-order chi connectivity index (χ1) is 12.1. The number of hydrogen-bond acceptors (Lipinski definition) is 6. The molecule has 0 spiro atoms. The molecule has 0 radical (unpaired) electrons. The number of fused-ring (bicyclic) bond motifs is 3. The molecule has 2 aromatic rings. The third-order valence-corrected chi connectivity index (χ3v) is 4.45. The maximum Gasteiger partial charge on any atom is 0.203 e. The van der Waals surface area contributed by atoms with Gasteiger partial charge in [0.15, 0.2) is 23.0 Å². The highest BCUT2D eigenvalue weighted by Gasteiger charge is 2.33. The Morgan fingerprint density at radius 1 is 0.520 bits per heavy atom. The quantitative estimate of drug-likeness (QED) is 0.682. The molecule has 0 saturated carbocycles. The number of ether oxygens (including phenoxy) is 6. The van der Waals surface area contributed by atoms with Crippen molar-refractivity contribution in [2.45, 2.75) is 6.42 Å². The highest BCUT2D eigenvalue weighted by molar-refractivity contribution is 5.91. The minimum absolute atomic E-state index is 0.549. The lowest BCUT2D eigenvalue weighted by Gasteiger charge is -2.19. The van der Waals surface area contributed by atoms with E-state index < -0.39 is 0 Å². The van der Waals surface area contributed by atoms with Gasteiger partial charge < -0.3 is 28.4 Å². The molecule has 2 aromatic carbocycles. The average Bonchev–Trinajstić information content (AvgIpc) is 3.01. The molecule has 0 saturated heterocycles. The standard InChI is InChI=1S/C19H22O6/c1-20-12-8-10-7-11-9-13(21-2)17(23-4)19(25-6)15(11)14(10)18(24-5)16(12)22-3/h8-9H,7H2,1-6H3. The molecular weight excluding hydrogens is 324 g/mol. The highest BCUT2D eigenvalue weighted by Crippen LogP contribution is 2.57. The molecule has 3 rings (SSSR count). The van der Waals surface area contributed by atoms with Crippen molar-refractivity contribution in [2.24, 2.45) is 0 Å². The summed E-state index contributed by atoms with van der Waals surface area (Å²) in [7, 11) is 9.63. The Hall–Kier alpha value is -2.76. The second kappa shape index (κ2) is 6.63. The molecule has 6 nitrogen and oxygen atoms in total. The van der Waals surface area contributed by atoms with Gasteiger partial charge in [-0.25, -0.2) is 0 Å². The van der Waals surface area contributed by atoms with E-state index in [0.29, 0.717) is 40.9 Å². The van der Waals surface area contributed by atoms with Crippen LogP contribution in [0.25, 0.3) is 11.1 Å². The van der Waals surface area contributed by atoms with Crippen LogP contribution in [0.15, 0.2) is 12.1 Å². The Bertz CT molecular complexity index is 745. The summed E-state index contributed by atoms with van der Waals surface area (Å²) in [5.74, 6) is 3.58. The smallest absolute Gasteiger partial charge is 0.203 e. The van der Waals surface area contributed by atoms with Gasteiger partial charge >= 0.3 is 0 Å². The molecule has 0 bridgehead atoms. The summed E-state index contributed by atoms with van der Waals surface area (Å²) in [6, 6.07) is 3.93. The Morgan fingerprint density at radius 2 is 0.880 bits per heavy atom. The van der Waals surface area contributed by atoms with Crippen molar-refractivity contribution in [1.29, 1.82) is 0 Å². The van der Waals surface area contributed by atoms with E-state index in [-0.39, 0.29) is 0 Å². The van der Waals surface area contributed by atoms with Gasteiger partial charge in [-0.1, -0.05) is 0 Å². The van der Waals surface area contributed by atoms with Crippen molar-refractivity contribution >= 4 is 0 Å². The van der Waals surface area contributed by atoms with Crippen LogP contribution in [0.4, 0.5) is 0 Å². The van der Waals surface area contributed by atoms with Crippen molar-refractivity contribution < 1.29 is 28.4 Å².